The maximum Gasteiger partial charge on any atom is 0.268 e. The van der Waals surface area contributed by atoms with Gasteiger partial charge in [0.15, 0.2) is 0 Å². The van der Waals surface area contributed by atoms with Crippen LogP contribution < -0.4 is 10.2 Å². The van der Waals surface area contributed by atoms with Crippen molar-refractivity contribution in [3.63, 3.8) is 0 Å². The third kappa shape index (κ3) is 48.4. The van der Waals surface area contributed by atoms with Crippen LogP contribution in [0.3, 0.4) is 0 Å². The molecule has 0 aromatic carbocycles. The van der Waals surface area contributed by atoms with Gasteiger partial charge in [-0.25, -0.2) is 0 Å². The first-order chi connectivity index (χ1) is 31.5. The van der Waals surface area contributed by atoms with Gasteiger partial charge < -0.3 is 28.8 Å². The molecule has 0 radical (unpaired) electrons. The van der Waals surface area contributed by atoms with Gasteiger partial charge in [-0.05, 0) is 96.3 Å². The number of hydrogen-bond donors (Lipinski definition) is 2. The molecule has 3 atom stereocenters. The Morgan fingerprint density at radius 1 is 0.554 bits per heavy atom. The van der Waals surface area contributed by atoms with Gasteiger partial charge in [-0.1, -0.05) is 192 Å². The van der Waals surface area contributed by atoms with E-state index in [9.17, 15) is 19.4 Å². The summed E-state index contributed by atoms with van der Waals surface area (Å²) < 4.78 is 23.0. The number of rotatable bonds is 43. The highest BCUT2D eigenvalue weighted by Gasteiger charge is 2.23. The number of allylic oxidation sites excluding steroid dienone is 21. The van der Waals surface area contributed by atoms with Gasteiger partial charge in [0.1, 0.15) is 13.2 Å². The van der Waals surface area contributed by atoms with Crippen molar-refractivity contribution in [2.45, 2.75) is 174 Å². The fourth-order valence-corrected chi connectivity index (χ4v) is 6.90. The fraction of sp³-hybridized carbons (Fsp3) is 0.589. The molecule has 0 saturated carbocycles. The van der Waals surface area contributed by atoms with E-state index in [2.05, 4.69) is 141 Å². The Bertz CT molecular complexity index is 1510. The largest absolute Gasteiger partial charge is 0.756 e. The van der Waals surface area contributed by atoms with E-state index in [1.54, 1.807) is 6.08 Å². The standard InChI is InChI=1S/C56H93N2O6P/c1-6-8-10-12-14-15-16-17-18-19-20-21-22-23-24-25-26-27-28-29-30-31-32-33-34-35-36-37-38-39-40-41-42-43-44-46-48-50-56(60)57-54(55(59)49-47-45-13-11-9-7-2)53-64-65(61,62)63-52-51-58(3,4)5/h8,10,14-15,17-18,20-21,23-24,26-27,29-30,32-33,35-36,38-39,47,49,54-55,59H,6-7,9,11-13,16,19,22,25,28,31,34,37,40-46,48,50-53H2,1-5H3,(H-,57,60,61,62)/b10-8-,15-14-,18-17-,21-20-,24-23-,27-26-,30-29-,33-32-,36-35-,39-38-,49-47+. The van der Waals surface area contributed by atoms with Crippen LogP contribution in [0.5, 0.6) is 0 Å². The first-order valence-corrected chi connectivity index (χ1v) is 26.5. The van der Waals surface area contributed by atoms with Crippen LogP contribution in [0.15, 0.2) is 134 Å². The molecule has 65 heavy (non-hydrogen) atoms. The zero-order chi connectivity index (χ0) is 47.8. The molecule has 0 aliphatic heterocycles. The molecule has 0 fully saturated rings. The predicted octanol–water partition coefficient (Wildman–Crippen LogP) is 14.2. The number of amides is 1. The molecule has 0 aliphatic rings. The highest BCUT2D eigenvalue weighted by molar-refractivity contribution is 7.45. The number of aliphatic hydroxyl groups excluding tert-OH is 1. The molecule has 0 bridgehead atoms. The third-order valence-electron chi connectivity index (χ3n) is 10.1. The number of likely N-dealkylation sites (N-methyl/N-ethyl adjacent to an activating group) is 1. The monoisotopic (exact) mass is 921 g/mol. The van der Waals surface area contributed by atoms with Crippen molar-refractivity contribution in [2.75, 3.05) is 40.9 Å². The Balaban J connectivity index is 4.07. The third-order valence-corrected chi connectivity index (χ3v) is 11.1. The van der Waals surface area contributed by atoms with Crippen LogP contribution in [-0.4, -0.2) is 68.5 Å². The lowest BCUT2D eigenvalue weighted by atomic mass is 10.1. The van der Waals surface area contributed by atoms with Crippen molar-refractivity contribution in [3.05, 3.63) is 134 Å². The lowest BCUT2D eigenvalue weighted by Gasteiger charge is -2.29. The maximum absolute atomic E-state index is 12.8. The molecular formula is C56H93N2O6P. The van der Waals surface area contributed by atoms with E-state index < -0.39 is 26.6 Å². The second kappa shape index (κ2) is 45.8. The minimum Gasteiger partial charge on any atom is -0.756 e. The summed E-state index contributed by atoms with van der Waals surface area (Å²) >= 11 is 0. The molecule has 0 rings (SSSR count). The quantitative estimate of drug-likeness (QED) is 0.0273. The van der Waals surface area contributed by atoms with Crippen LogP contribution >= 0.6 is 7.82 Å². The van der Waals surface area contributed by atoms with E-state index >= 15 is 0 Å². The number of nitrogens with zero attached hydrogens (tertiary/aromatic N) is 1. The molecule has 2 N–H and O–H groups in total. The van der Waals surface area contributed by atoms with Crippen LogP contribution in [0.25, 0.3) is 0 Å². The maximum atomic E-state index is 12.8. The highest BCUT2D eigenvalue weighted by Crippen LogP contribution is 2.38. The van der Waals surface area contributed by atoms with E-state index in [0.717, 1.165) is 141 Å². The molecule has 0 spiro atoms. The molecule has 0 aromatic rings. The van der Waals surface area contributed by atoms with Crippen LogP contribution in [0.4, 0.5) is 0 Å². The Kier molecular flexibility index (Phi) is 43.4. The Morgan fingerprint density at radius 3 is 1.37 bits per heavy atom. The van der Waals surface area contributed by atoms with Crippen LogP contribution in [0, 0.1) is 0 Å². The Morgan fingerprint density at radius 2 is 0.938 bits per heavy atom. The number of carbonyl (C=O) groups is 1. The van der Waals surface area contributed by atoms with E-state index in [4.69, 9.17) is 9.05 Å². The summed E-state index contributed by atoms with van der Waals surface area (Å²) in [7, 11) is 1.22. The summed E-state index contributed by atoms with van der Waals surface area (Å²) in [6.07, 6.45) is 69.8. The average Bonchev–Trinajstić information content (AvgIpc) is 3.26. The van der Waals surface area contributed by atoms with E-state index in [0.29, 0.717) is 17.4 Å². The van der Waals surface area contributed by atoms with Crippen molar-refractivity contribution in [1.82, 2.24) is 5.32 Å². The number of quaternary nitrogens is 1. The lowest BCUT2D eigenvalue weighted by Crippen LogP contribution is -2.45. The number of hydrogen-bond acceptors (Lipinski definition) is 6. The zero-order valence-electron chi connectivity index (χ0n) is 41.6. The minimum atomic E-state index is -4.59. The molecule has 9 heteroatoms. The topological polar surface area (TPSA) is 108 Å². The molecular weight excluding hydrogens is 828 g/mol. The van der Waals surface area contributed by atoms with Crippen LogP contribution in [-0.2, 0) is 18.4 Å². The van der Waals surface area contributed by atoms with Gasteiger partial charge in [0, 0.05) is 6.42 Å². The molecule has 0 aliphatic carbocycles. The van der Waals surface area contributed by atoms with Gasteiger partial charge in [-0.2, -0.15) is 0 Å². The smallest absolute Gasteiger partial charge is 0.268 e. The van der Waals surface area contributed by atoms with Gasteiger partial charge in [0.05, 0.1) is 39.9 Å². The summed E-state index contributed by atoms with van der Waals surface area (Å²) in [5.41, 5.74) is 0. The normalized spacial score (nSPS) is 15.2. The van der Waals surface area contributed by atoms with Crippen molar-refractivity contribution >= 4 is 13.7 Å². The molecule has 0 aromatic heterocycles. The molecule has 368 valence electrons. The van der Waals surface area contributed by atoms with Crippen molar-refractivity contribution in [2.24, 2.45) is 0 Å². The van der Waals surface area contributed by atoms with Gasteiger partial charge in [-0.3, -0.25) is 9.36 Å². The zero-order valence-corrected chi connectivity index (χ0v) is 42.5. The highest BCUT2D eigenvalue weighted by atomic mass is 31.2. The molecule has 3 unspecified atom stereocenters. The van der Waals surface area contributed by atoms with Gasteiger partial charge in [-0.15, -0.1) is 0 Å². The SMILES string of the molecule is CC/C=C\C/C=C\C/C=C\C/C=C\C/C=C\C/C=C\C/C=C\C/C=C\C/C=C\C/C=C\CCCCCCCCC(=O)NC(COP(=O)([O-])OCC[N+](C)(C)C)C(O)/C=C/CCCCCC. The summed E-state index contributed by atoms with van der Waals surface area (Å²) in [5.74, 6) is -0.226. The predicted molar refractivity (Wildman–Crippen MR) is 278 cm³/mol. The minimum absolute atomic E-state index is 0.0123. The first kappa shape index (κ1) is 61.6. The number of phosphoric acid groups is 1. The van der Waals surface area contributed by atoms with Crippen molar-refractivity contribution in [3.8, 4) is 0 Å². The average molecular weight is 921 g/mol. The van der Waals surface area contributed by atoms with E-state index in [-0.39, 0.29) is 12.5 Å². The second-order valence-corrected chi connectivity index (χ2v) is 18.8. The summed E-state index contributed by atoms with van der Waals surface area (Å²) in [6, 6.07) is -0.900. The summed E-state index contributed by atoms with van der Waals surface area (Å²) in [5, 5.41) is 13.6. The van der Waals surface area contributed by atoms with Crippen molar-refractivity contribution < 1.29 is 32.9 Å². The number of nitrogens with one attached hydrogen (secondary N) is 1. The van der Waals surface area contributed by atoms with Crippen LogP contribution in [0.2, 0.25) is 0 Å². The molecule has 0 saturated heterocycles. The summed E-state index contributed by atoms with van der Waals surface area (Å²) in [6.45, 7) is 4.39. The van der Waals surface area contributed by atoms with Crippen molar-refractivity contribution in [1.29, 1.82) is 0 Å². The van der Waals surface area contributed by atoms with Gasteiger partial charge in [0.2, 0.25) is 5.91 Å². The number of carbonyl (C=O) groups excluding carboxylic acids is 1. The number of aliphatic hydroxyl groups is 1. The van der Waals surface area contributed by atoms with E-state index in [1.165, 1.54) is 0 Å². The number of phosphoric ester groups is 1. The van der Waals surface area contributed by atoms with Gasteiger partial charge >= 0.3 is 0 Å². The second-order valence-electron chi connectivity index (χ2n) is 17.4. The molecule has 1 amide bonds. The molecule has 0 heterocycles. The molecule has 8 nitrogen and oxygen atoms in total. The first-order valence-electron chi connectivity index (χ1n) is 25.0. The van der Waals surface area contributed by atoms with Crippen LogP contribution in [0.1, 0.15) is 162 Å². The Labute approximate surface area is 398 Å². The van der Waals surface area contributed by atoms with Gasteiger partial charge in [0.25, 0.3) is 7.82 Å². The fourth-order valence-electron chi connectivity index (χ4n) is 6.18. The van der Waals surface area contributed by atoms with E-state index in [1.807, 2.05) is 27.2 Å². The Hall–Kier alpha value is -3.36. The number of unbranched alkanes of at least 4 members (excludes halogenated alkanes) is 10. The lowest BCUT2D eigenvalue weighted by molar-refractivity contribution is -0.870. The summed E-state index contributed by atoms with van der Waals surface area (Å²) in [4.78, 5) is 25.2.